The Bertz CT molecular complexity index is 470. The van der Waals surface area contributed by atoms with Crippen LogP contribution in [0.3, 0.4) is 0 Å². The largest absolute Gasteiger partial charge is 0.481 e. The smallest absolute Gasteiger partial charge is 0.307 e. The minimum atomic E-state index is -0.780. The van der Waals surface area contributed by atoms with Gasteiger partial charge >= 0.3 is 5.97 Å². The zero-order valence-corrected chi connectivity index (χ0v) is 17.5. The van der Waals surface area contributed by atoms with E-state index in [1.54, 1.807) is 0 Å². The van der Waals surface area contributed by atoms with Crippen LogP contribution < -0.4 is 5.32 Å². The van der Waals surface area contributed by atoms with Gasteiger partial charge in [0.1, 0.15) is 0 Å². The molecule has 0 saturated heterocycles. The summed E-state index contributed by atoms with van der Waals surface area (Å²) in [7, 11) is 0. The van der Waals surface area contributed by atoms with Crippen LogP contribution in [0.4, 0.5) is 5.69 Å². The second kappa shape index (κ2) is 16.6. The molecule has 3 nitrogen and oxygen atoms in total. The van der Waals surface area contributed by atoms with Crippen molar-refractivity contribution in [2.24, 2.45) is 0 Å². The highest BCUT2D eigenvalue weighted by atomic mass is 16.4. The molecule has 2 N–H and O–H groups in total. The summed E-state index contributed by atoms with van der Waals surface area (Å²) in [4.78, 5) is 10.7. The maximum Gasteiger partial charge on any atom is 0.307 e. The number of anilines is 1. The maximum atomic E-state index is 10.7. The van der Waals surface area contributed by atoms with Gasteiger partial charge in [-0.3, -0.25) is 4.79 Å². The van der Waals surface area contributed by atoms with Gasteiger partial charge in [0.25, 0.3) is 0 Å². The van der Waals surface area contributed by atoms with Crippen molar-refractivity contribution in [2.45, 2.75) is 103 Å². The lowest BCUT2D eigenvalue weighted by Crippen LogP contribution is -2.03. The quantitative estimate of drug-likeness (QED) is 0.267. The van der Waals surface area contributed by atoms with E-state index >= 15 is 0 Å². The Balaban J connectivity index is 1.84. The van der Waals surface area contributed by atoms with Crippen molar-refractivity contribution in [1.29, 1.82) is 0 Å². The summed E-state index contributed by atoms with van der Waals surface area (Å²) in [5.74, 6) is -0.780. The fourth-order valence-corrected chi connectivity index (χ4v) is 3.47. The Labute approximate surface area is 167 Å². The van der Waals surface area contributed by atoms with Gasteiger partial charge in [0.2, 0.25) is 0 Å². The molecule has 0 spiro atoms. The summed E-state index contributed by atoms with van der Waals surface area (Å²) in [6, 6.07) is 7.73. The minimum absolute atomic E-state index is 0.0965. The van der Waals surface area contributed by atoms with Crippen LogP contribution in [0.1, 0.15) is 102 Å². The summed E-state index contributed by atoms with van der Waals surface area (Å²) >= 11 is 0. The van der Waals surface area contributed by atoms with E-state index in [1.165, 1.54) is 89.9 Å². The Morgan fingerprint density at radius 3 is 1.63 bits per heavy atom. The van der Waals surface area contributed by atoms with Gasteiger partial charge in [0.15, 0.2) is 0 Å². The van der Waals surface area contributed by atoms with E-state index in [0.717, 1.165) is 17.8 Å². The van der Waals surface area contributed by atoms with Gasteiger partial charge in [-0.1, -0.05) is 103 Å². The van der Waals surface area contributed by atoms with E-state index in [0.29, 0.717) is 0 Å². The summed E-state index contributed by atoms with van der Waals surface area (Å²) < 4.78 is 0. The summed E-state index contributed by atoms with van der Waals surface area (Å²) in [5.41, 5.74) is 1.93. The minimum Gasteiger partial charge on any atom is -0.481 e. The topological polar surface area (TPSA) is 49.3 Å². The Morgan fingerprint density at radius 1 is 0.741 bits per heavy atom. The van der Waals surface area contributed by atoms with Crippen LogP contribution in [-0.4, -0.2) is 17.6 Å². The SMILES string of the molecule is CCCCCCCCCCCCCCCCNc1ccc(CC(=O)O)cc1. The first-order valence-corrected chi connectivity index (χ1v) is 11.3. The first-order chi connectivity index (χ1) is 13.2. The normalized spacial score (nSPS) is 10.9. The van der Waals surface area contributed by atoms with Crippen molar-refractivity contribution in [2.75, 3.05) is 11.9 Å². The van der Waals surface area contributed by atoms with Gasteiger partial charge in [-0.05, 0) is 24.1 Å². The van der Waals surface area contributed by atoms with Gasteiger partial charge in [0.05, 0.1) is 6.42 Å². The third kappa shape index (κ3) is 14.2. The molecule has 0 atom stereocenters. The molecule has 1 rings (SSSR count). The fraction of sp³-hybridized carbons (Fsp3) is 0.708. The molecule has 0 bridgehead atoms. The number of benzene rings is 1. The molecular weight excluding hydrogens is 334 g/mol. The number of aliphatic carboxylic acids is 1. The Morgan fingerprint density at radius 2 is 1.19 bits per heavy atom. The predicted molar refractivity (Wildman–Crippen MR) is 117 cm³/mol. The van der Waals surface area contributed by atoms with E-state index in [2.05, 4.69) is 12.2 Å². The molecule has 0 fully saturated rings. The number of carbonyl (C=O) groups is 1. The summed E-state index contributed by atoms with van der Waals surface area (Å²) in [5, 5.41) is 12.2. The van der Waals surface area contributed by atoms with Gasteiger partial charge in [-0.15, -0.1) is 0 Å². The average molecular weight is 376 g/mol. The number of unbranched alkanes of at least 4 members (excludes halogenated alkanes) is 13. The van der Waals surface area contributed by atoms with Crippen LogP contribution in [-0.2, 0) is 11.2 Å². The molecule has 0 aromatic heterocycles. The number of carboxylic acid groups (broad SMARTS) is 1. The molecule has 27 heavy (non-hydrogen) atoms. The zero-order valence-electron chi connectivity index (χ0n) is 17.5. The second-order valence-corrected chi connectivity index (χ2v) is 7.79. The molecular formula is C24H41NO2. The van der Waals surface area contributed by atoms with Crippen LogP contribution in [0.2, 0.25) is 0 Å². The van der Waals surface area contributed by atoms with Crippen molar-refractivity contribution >= 4 is 11.7 Å². The zero-order chi connectivity index (χ0) is 19.6. The van der Waals surface area contributed by atoms with Gasteiger partial charge < -0.3 is 10.4 Å². The number of hydrogen-bond donors (Lipinski definition) is 2. The molecule has 0 aliphatic carbocycles. The Kier molecular flexibility index (Phi) is 14.5. The van der Waals surface area contributed by atoms with Crippen molar-refractivity contribution in [3.63, 3.8) is 0 Å². The molecule has 0 aliphatic rings. The molecule has 3 heteroatoms. The molecule has 0 amide bonds. The molecule has 0 saturated carbocycles. The molecule has 0 radical (unpaired) electrons. The fourth-order valence-electron chi connectivity index (χ4n) is 3.47. The first-order valence-electron chi connectivity index (χ1n) is 11.3. The molecule has 1 aromatic rings. The lowest BCUT2D eigenvalue weighted by atomic mass is 10.0. The third-order valence-electron chi connectivity index (χ3n) is 5.17. The van der Waals surface area contributed by atoms with E-state index in [-0.39, 0.29) is 6.42 Å². The monoisotopic (exact) mass is 375 g/mol. The number of hydrogen-bond acceptors (Lipinski definition) is 2. The lowest BCUT2D eigenvalue weighted by Gasteiger charge is -2.07. The first kappa shape index (κ1) is 23.5. The van der Waals surface area contributed by atoms with Crippen LogP contribution in [0.25, 0.3) is 0 Å². The van der Waals surface area contributed by atoms with Gasteiger partial charge in [-0.2, -0.15) is 0 Å². The molecule has 0 aliphatic heterocycles. The highest BCUT2D eigenvalue weighted by molar-refractivity contribution is 5.70. The molecule has 1 aromatic carbocycles. The van der Waals surface area contributed by atoms with E-state index in [4.69, 9.17) is 5.11 Å². The van der Waals surface area contributed by atoms with Crippen LogP contribution >= 0.6 is 0 Å². The molecule has 0 heterocycles. The highest BCUT2D eigenvalue weighted by Gasteiger charge is 2.00. The summed E-state index contributed by atoms with van der Waals surface area (Å²) in [6.07, 6.45) is 19.5. The van der Waals surface area contributed by atoms with Crippen molar-refractivity contribution in [1.82, 2.24) is 0 Å². The van der Waals surface area contributed by atoms with Crippen molar-refractivity contribution < 1.29 is 9.90 Å². The maximum absolute atomic E-state index is 10.7. The van der Waals surface area contributed by atoms with Gasteiger partial charge in [-0.25, -0.2) is 0 Å². The number of carboxylic acids is 1. The highest BCUT2D eigenvalue weighted by Crippen LogP contribution is 2.14. The van der Waals surface area contributed by atoms with Crippen molar-refractivity contribution in [3.05, 3.63) is 29.8 Å². The number of rotatable bonds is 18. The summed E-state index contributed by atoms with van der Waals surface area (Å²) in [6.45, 7) is 3.27. The van der Waals surface area contributed by atoms with Crippen LogP contribution in [0, 0.1) is 0 Å². The second-order valence-electron chi connectivity index (χ2n) is 7.79. The average Bonchev–Trinajstić information content (AvgIpc) is 2.66. The van der Waals surface area contributed by atoms with E-state index in [9.17, 15) is 4.79 Å². The van der Waals surface area contributed by atoms with Crippen molar-refractivity contribution in [3.8, 4) is 0 Å². The number of nitrogens with one attached hydrogen (secondary N) is 1. The van der Waals surface area contributed by atoms with Gasteiger partial charge in [0, 0.05) is 12.2 Å². The lowest BCUT2D eigenvalue weighted by molar-refractivity contribution is -0.136. The Hall–Kier alpha value is -1.51. The van der Waals surface area contributed by atoms with E-state index < -0.39 is 5.97 Å². The molecule has 0 unspecified atom stereocenters. The predicted octanol–water partition coefficient (Wildman–Crippen LogP) is 7.21. The third-order valence-corrected chi connectivity index (χ3v) is 5.17. The van der Waals surface area contributed by atoms with E-state index in [1.807, 2.05) is 24.3 Å². The standard InChI is InChI=1S/C24H41NO2/c1-2-3-4-5-6-7-8-9-10-11-12-13-14-15-20-25-23-18-16-22(17-19-23)21-24(26)27/h16-19,25H,2-15,20-21H2,1H3,(H,26,27). The van der Waals surface area contributed by atoms with Crippen LogP contribution in [0.15, 0.2) is 24.3 Å². The van der Waals surface area contributed by atoms with Crippen LogP contribution in [0.5, 0.6) is 0 Å². The molecule has 154 valence electrons.